The standard InChI is InChI=1S/C11H20N4O/c1-4-9-13-8(12)6-10(14-9)15-11(3,5-2)7-16/h6,16H,4-5,7H2,1-3H3,(H3,12,13,14,15). The fourth-order valence-corrected chi connectivity index (χ4v) is 1.29. The molecule has 1 aromatic rings. The van der Waals surface area contributed by atoms with Gasteiger partial charge in [0.15, 0.2) is 0 Å². The molecule has 5 nitrogen and oxygen atoms in total. The fraction of sp³-hybridized carbons (Fsp3) is 0.636. The molecule has 1 rings (SSSR count). The summed E-state index contributed by atoms with van der Waals surface area (Å²) < 4.78 is 0. The van der Waals surface area contributed by atoms with Crippen molar-refractivity contribution in [3.63, 3.8) is 0 Å². The first-order valence-corrected chi connectivity index (χ1v) is 5.55. The SMILES string of the molecule is CCc1nc(N)cc(NC(C)(CC)CO)n1. The van der Waals surface area contributed by atoms with Crippen LogP contribution in [0.1, 0.15) is 33.0 Å². The Bertz CT molecular complexity index is 350. The van der Waals surface area contributed by atoms with Crippen molar-refractivity contribution >= 4 is 11.6 Å². The largest absolute Gasteiger partial charge is 0.394 e. The lowest BCUT2D eigenvalue weighted by molar-refractivity contribution is 0.218. The molecular weight excluding hydrogens is 204 g/mol. The second kappa shape index (κ2) is 5.12. The highest BCUT2D eigenvalue weighted by atomic mass is 16.3. The lowest BCUT2D eigenvalue weighted by atomic mass is 10.0. The van der Waals surface area contributed by atoms with Gasteiger partial charge in [-0.2, -0.15) is 0 Å². The molecule has 16 heavy (non-hydrogen) atoms. The van der Waals surface area contributed by atoms with Crippen molar-refractivity contribution in [1.82, 2.24) is 9.97 Å². The second-order valence-corrected chi connectivity index (χ2v) is 4.15. The summed E-state index contributed by atoms with van der Waals surface area (Å²) in [5.74, 6) is 1.83. The van der Waals surface area contributed by atoms with Crippen LogP contribution in [0, 0.1) is 0 Å². The zero-order chi connectivity index (χ0) is 12.2. The van der Waals surface area contributed by atoms with Crippen LogP contribution in [0.4, 0.5) is 11.6 Å². The summed E-state index contributed by atoms with van der Waals surface area (Å²) in [7, 11) is 0. The molecule has 1 aromatic heterocycles. The van der Waals surface area contributed by atoms with Crippen molar-refractivity contribution in [2.24, 2.45) is 0 Å². The molecule has 0 saturated carbocycles. The predicted octanol–water partition coefficient (Wildman–Crippen LogP) is 1.19. The van der Waals surface area contributed by atoms with Crippen LogP contribution < -0.4 is 11.1 Å². The molecule has 0 amide bonds. The molecule has 0 aliphatic carbocycles. The van der Waals surface area contributed by atoms with E-state index >= 15 is 0 Å². The molecule has 0 radical (unpaired) electrons. The van der Waals surface area contributed by atoms with Gasteiger partial charge < -0.3 is 16.2 Å². The van der Waals surface area contributed by atoms with Gasteiger partial charge in [0.1, 0.15) is 17.5 Å². The van der Waals surface area contributed by atoms with Gasteiger partial charge in [0.05, 0.1) is 12.1 Å². The van der Waals surface area contributed by atoms with Gasteiger partial charge in [0.2, 0.25) is 0 Å². The minimum Gasteiger partial charge on any atom is -0.394 e. The molecule has 5 heteroatoms. The normalized spacial score (nSPS) is 14.5. The number of hydrogen-bond donors (Lipinski definition) is 3. The van der Waals surface area contributed by atoms with E-state index in [1.54, 1.807) is 6.07 Å². The molecular formula is C11H20N4O. The lowest BCUT2D eigenvalue weighted by Gasteiger charge is -2.28. The fourth-order valence-electron chi connectivity index (χ4n) is 1.29. The Balaban J connectivity index is 2.92. The van der Waals surface area contributed by atoms with E-state index < -0.39 is 0 Å². The predicted molar refractivity (Wildman–Crippen MR) is 65.2 cm³/mol. The molecule has 4 N–H and O–H groups in total. The summed E-state index contributed by atoms with van der Waals surface area (Å²) in [6, 6.07) is 1.68. The van der Waals surface area contributed by atoms with Crippen LogP contribution in [-0.4, -0.2) is 27.2 Å². The van der Waals surface area contributed by atoms with Crippen molar-refractivity contribution in [2.45, 2.75) is 39.2 Å². The number of aromatic nitrogens is 2. The quantitative estimate of drug-likeness (QED) is 0.699. The van der Waals surface area contributed by atoms with Gasteiger partial charge in [-0.15, -0.1) is 0 Å². The Hall–Kier alpha value is -1.36. The van der Waals surface area contributed by atoms with Crippen LogP contribution in [0.15, 0.2) is 6.07 Å². The molecule has 0 fully saturated rings. The van der Waals surface area contributed by atoms with Crippen LogP contribution >= 0.6 is 0 Å². The van der Waals surface area contributed by atoms with E-state index in [4.69, 9.17) is 5.73 Å². The van der Waals surface area contributed by atoms with Gasteiger partial charge in [0.25, 0.3) is 0 Å². The maximum absolute atomic E-state index is 9.31. The van der Waals surface area contributed by atoms with E-state index in [1.807, 2.05) is 20.8 Å². The first-order valence-electron chi connectivity index (χ1n) is 5.55. The zero-order valence-electron chi connectivity index (χ0n) is 10.1. The van der Waals surface area contributed by atoms with E-state index in [-0.39, 0.29) is 12.1 Å². The number of nitrogens with two attached hydrogens (primary N) is 1. The lowest BCUT2D eigenvalue weighted by Crippen LogP contribution is -2.38. The van der Waals surface area contributed by atoms with E-state index in [9.17, 15) is 5.11 Å². The average molecular weight is 224 g/mol. The molecule has 1 atom stereocenters. The van der Waals surface area contributed by atoms with E-state index in [1.165, 1.54) is 0 Å². The van der Waals surface area contributed by atoms with E-state index in [2.05, 4.69) is 15.3 Å². The number of aryl methyl sites for hydroxylation is 1. The monoisotopic (exact) mass is 224 g/mol. The molecule has 1 heterocycles. The maximum Gasteiger partial charge on any atom is 0.132 e. The number of aliphatic hydroxyl groups excluding tert-OH is 1. The first-order chi connectivity index (χ1) is 7.53. The average Bonchev–Trinajstić information content (AvgIpc) is 2.28. The highest BCUT2D eigenvalue weighted by molar-refractivity contribution is 5.46. The molecule has 0 saturated heterocycles. The summed E-state index contributed by atoms with van der Waals surface area (Å²) in [4.78, 5) is 8.42. The van der Waals surface area contributed by atoms with E-state index in [0.29, 0.717) is 17.5 Å². The number of hydrogen-bond acceptors (Lipinski definition) is 5. The first kappa shape index (κ1) is 12.7. The minimum atomic E-state index is -0.369. The third-order valence-corrected chi connectivity index (χ3v) is 2.67. The van der Waals surface area contributed by atoms with Crippen LogP contribution in [0.5, 0.6) is 0 Å². The van der Waals surface area contributed by atoms with Crippen LogP contribution in [0.2, 0.25) is 0 Å². The summed E-state index contributed by atoms with van der Waals surface area (Å²) in [6.07, 6.45) is 1.54. The van der Waals surface area contributed by atoms with Crippen LogP contribution in [-0.2, 0) is 6.42 Å². The third kappa shape index (κ3) is 3.06. The van der Waals surface area contributed by atoms with E-state index in [0.717, 1.165) is 12.8 Å². The minimum absolute atomic E-state index is 0.0505. The van der Waals surface area contributed by atoms with Gasteiger partial charge in [-0.1, -0.05) is 13.8 Å². The Kier molecular flexibility index (Phi) is 4.06. The van der Waals surface area contributed by atoms with Crippen molar-refractivity contribution in [2.75, 3.05) is 17.7 Å². The van der Waals surface area contributed by atoms with Crippen LogP contribution in [0.3, 0.4) is 0 Å². The molecule has 0 aliphatic heterocycles. The smallest absolute Gasteiger partial charge is 0.132 e. The third-order valence-electron chi connectivity index (χ3n) is 2.67. The van der Waals surface area contributed by atoms with Gasteiger partial charge in [-0.3, -0.25) is 0 Å². The van der Waals surface area contributed by atoms with Gasteiger partial charge in [-0.05, 0) is 13.3 Å². The highest BCUT2D eigenvalue weighted by Crippen LogP contribution is 2.17. The van der Waals surface area contributed by atoms with Crippen molar-refractivity contribution in [1.29, 1.82) is 0 Å². The van der Waals surface area contributed by atoms with Crippen molar-refractivity contribution < 1.29 is 5.11 Å². The Labute approximate surface area is 96.1 Å². The molecule has 0 spiro atoms. The number of nitrogen functional groups attached to an aromatic ring is 1. The molecule has 1 unspecified atom stereocenters. The Morgan fingerprint density at radius 3 is 2.62 bits per heavy atom. The zero-order valence-corrected chi connectivity index (χ0v) is 10.1. The molecule has 0 aromatic carbocycles. The molecule has 0 bridgehead atoms. The Morgan fingerprint density at radius 1 is 1.44 bits per heavy atom. The summed E-state index contributed by atoms with van der Waals surface area (Å²) >= 11 is 0. The van der Waals surface area contributed by atoms with Gasteiger partial charge >= 0.3 is 0 Å². The molecule has 0 aliphatic rings. The van der Waals surface area contributed by atoms with Crippen LogP contribution in [0.25, 0.3) is 0 Å². The Morgan fingerprint density at radius 2 is 2.12 bits per heavy atom. The van der Waals surface area contributed by atoms with Gasteiger partial charge in [-0.25, -0.2) is 9.97 Å². The summed E-state index contributed by atoms with van der Waals surface area (Å²) in [5, 5.41) is 12.5. The highest BCUT2D eigenvalue weighted by Gasteiger charge is 2.21. The van der Waals surface area contributed by atoms with Gasteiger partial charge in [0, 0.05) is 12.5 Å². The number of anilines is 2. The number of rotatable bonds is 5. The van der Waals surface area contributed by atoms with Crippen molar-refractivity contribution in [3.05, 3.63) is 11.9 Å². The molecule has 90 valence electrons. The topological polar surface area (TPSA) is 84.1 Å². The second-order valence-electron chi connectivity index (χ2n) is 4.15. The van der Waals surface area contributed by atoms with Crippen molar-refractivity contribution in [3.8, 4) is 0 Å². The summed E-state index contributed by atoms with van der Waals surface area (Å²) in [5.41, 5.74) is 5.31. The number of nitrogens with one attached hydrogen (secondary N) is 1. The number of nitrogens with zero attached hydrogens (tertiary/aromatic N) is 2. The number of aliphatic hydroxyl groups is 1. The maximum atomic E-state index is 9.31. The summed E-state index contributed by atoms with van der Waals surface area (Å²) in [6.45, 7) is 5.98.